The molecule has 21 heavy (non-hydrogen) atoms. The molecule has 4 saturated carbocycles. The minimum absolute atomic E-state index is 0. The Morgan fingerprint density at radius 1 is 0.952 bits per heavy atom. The van der Waals surface area contributed by atoms with Crippen LogP contribution in [0.5, 0.6) is 5.75 Å². The molecule has 0 atom stereocenters. The van der Waals surface area contributed by atoms with Gasteiger partial charge < -0.3 is 10.5 Å². The number of nitrogens with two attached hydrogens (primary N) is 1. The second-order valence-electron chi connectivity index (χ2n) is 7.36. The van der Waals surface area contributed by atoms with Crippen LogP contribution < -0.4 is 10.5 Å². The van der Waals surface area contributed by atoms with E-state index < -0.39 is 0 Å². The van der Waals surface area contributed by atoms with Gasteiger partial charge in [0.2, 0.25) is 0 Å². The number of hydrogen-bond donors (Lipinski definition) is 1. The van der Waals surface area contributed by atoms with Gasteiger partial charge in [-0.1, -0.05) is 12.1 Å². The van der Waals surface area contributed by atoms with Crippen molar-refractivity contribution in [3.05, 3.63) is 29.8 Å². The highest BCUT2D eigenvalue weighted by Gasteiger charge is 2.51. The first-order chi connectivity index (χ1) is 9.77. The Bertz CT molecular complexity index is 449. The van der Waals surface area contributed by atoms with Crippen molar-refractivity contribution in [3.8, 4) is 5.75 Å². The Kier molecular flexibility index (Phi) is 4.20. The normalized spacial score (nSPS) is 36.3. The summed E-state index contributed by atoms with van der Waals surface area (Å²) in [5.74, 6) is 3.99. The van der Waals surface area contributed by atoms with Crippen molar-refractivity contribution in [2.45, 2.75) is 43.9 Å². The minimum atomic E-state index is 0. The summed E-state index contributed by atoms with van der Waals surface area (Å²) in [6, 6.07) is 8.92. The lowest BCUT2D eigenvalue weighted by Crippen LogP contribution is -2.48. The van der Waals surface area contributed by atoms with E-state index in [1.165, 1.54) is 38.5 Å². The van der Waals surface area contributed by atoms with E-state index in [2.05, 4.69) is 24.3 Å². The third-order valence-corrected chi connectivity index (χ3v) is 5.89. The van der Waals surface area contributed by atoms with E-state index in [0.29, 0.717) is 18.6 Å². The van der Waals surface area contributed by atoms with Gasteiger partial charge in [-0.15, -0.1) is 12.4 Å². The smallest absolute Gasteiger partial charge is 0.119 e. The fourth-order valence-corrected chi connectivity index (χ4v) is 5.55. The molecule has 0 radical (unpaired) electrons. The average molecular weight is 308 g/mol. The van der Waals surface area contributed by atoms with Gasteiger partial charge in [0.15, 0.2) is 0 Å². The molecule has 0 unspecified atom stereocenters. The van der Waals surface area contributed by atoms with Crippen LogP contribution >= 0.6 is 12.4 Å². The van der Waals surface area contributed by atoms with E-state index >= 15 is 0 Å². The average Bonchev–Trinajstić information content (AvgIpc) is 2.44. The molecule has 3 heteroatoms. The second kappa shape index (κ2) is 5.81. The van der Waals surface area contributed by atoms with Gasteiger partial charge in [-0.05, 0) is 79.4 Å². The van der Waals surface area contributed by atoms with E-state index in [1.807, 2.05) is 0 Å². The Balaban J connectivity index is 0.00000132. The Morgan fingerprint density at radius 3 is 1.95 bits per heavy atom. The van der Waals surface area contributed by atoms with Crippen LogP contribution in [0.25, 0.3) is 0 Å². The van der Waals surface area contributed by atoms with Crippen LogP contribution in [0.4, 0.5) is 0 Å². The monoisotopic (exact) mass is 307 g/mol. The number of ether oxygens (including phenoxy) is 1. The molecular weight excluding hydrogens is 282 g/mol. The van der Waals surface area contributed by atoms with Crippen LogP contribution in [-0.4, -0.2) is 13.2 Å². The lowest BCUT2D eigenvalue weighted by molar-refractivity contribution is -0.00520. The molecule has 0 aliphatic heterocycles. The molecular formula is C18H26ClNO. The maximum absolute atomic E-state index is 5.60. The predicted molar refractivity (Wildman–Crippen MR) is 88.1 cm³/mol. The van der Waals surface area contributed by atoms with Crippen molar-refractivity contribution in [2.75, 3.05) is 13.2 Å². The van der Waals surface area contributed by atoms with Crippen LogP contribution in [0.3, 0.4) is 0 Å². The van der Waals surface area contributed by atoms with Crippen molar-refractivity contribution in [2.24, 2.45) is 23.5 Å². The molecule has 4 aliphatic rings. The number of benzene rings is 1. The minimum Gasteiger partial charge on any atom is -0.492 e. The highest BCUT2D eigenvalue weighted by atomic mass is 35.5. The van der Waals surface area contributed by atoms with E-state index in [9.17, 15) is 0 Å². The third-order valence-electron chi connectivity index (χ3n) is 5.89. The molecule has 4 fully saturated rings. The molecule has 1 aromatic carbocycles. The van der Waals surface area contributed by atoms with Crippen LogP contribution in [0.2, 0.25) is 0 Å². The molecule has 0 aromatic heterocycles. The Morgan fingerprint density at radius 2 is 1.48 bits per heavy atom. The van der Waals surface area contributed by atoms with Crippen molar-refractivity contribution in [1.82, 2.24) is 0 Å². The summed E-state index contributed by atoms with van der Waals surface area (Å²) in [6.45, 7) is 1.19. The molecule has 5 rings (SSSR count). The second-order valence-corrected chi connectivity index (χ2v) is 7.36. The van der Waals surface area contributed by atoms with Gasteiger partial charge >= 0.3 is 0 Å². The summed E-state index contributed by atoms with van der Waals surface area (Å²) in [6.07, 6.45) is 8.83. The SMILES string of the molecule is Cl.NCCOc1ccc(C23CC4CC(CC(C4)C2)C3)cc1. The van der Waals surface area contributed by atoms with Gasteiger partial charge in [-0.25, -0.2) is 0 Å². The summed E-state index contributed by atoms with van der Waals surface area (Å²) in [7, 11) is 0. The van der Waals surface area contributed by atoms with E-state index in [-0.39, 0.29) is 12.4 Å². The third kappa shape index (κ3) is 2.68. The van der Waals surface area contributed by atoms with Crippen LogP contribution in [-0.2, 0) is 5.41 Å². The zero-order chi connectivity index (χ0) is 13.6. The quantitative estimate of drug-likeness (QED) is 0.915. The van der Waals surface area contributed by atoms with Crippen LogP contribution in [0, 0.1) is 17.8 Å². The molecule has 0 saturated heterocycles. The first-order valence-electron chi connectivity index (χ1n) is 8.21. The first kappa shape index (κ1) is 15.2. The molecule has 1 aromatic rings. The lowest BCUT2D eigenvalue weighted by atomic mass is 9.48. The molecule has 116 valence electrons. The molecule has 0 heterocycles. The van der Waals surface area contributed by atoms with Crippen LogP contribution in [0.1, 0.15) is 44.1 Å². The van der Waals surface area contributed by atoms with E-state index in [4.69, 9.17) is 10.5 Å². The largest absolute Gasteiger partial charge is 0.492 e. The Hall–Kier alpha value is -0.730. The zero-order valence-electron chi connectivity index (χ0n) is 12.6. The first-order valence-corrected chi connectivity index (χ1v) is 8.21. The van der Waals surface area contributed by atoms with Gasteiger partial charge in [0.05, 0.1) is 0 Å². The van der Waals surface area contributed by atoms with E-state index in [0.717, 1.165) is 23.5 Å². The fourth-order valence-electron chi connectivity index (χ4n) is 5.55. The summed E-state index contributed by atoms with van der Waals surface area (Å²) in [5.41, 5.74) is 7.55. The van der Waals surface area contributed by atoms with Gasteiger partial charge in [-0.2, -0.15) is 0 Å². The summed E-state index contributed by atoms with van der Waals surface area (Å²) < 4.78 is 5.60. The van der Waals surface area contributed by atoms with Crippen LogP contribution in [0.15, 0.2) is 24.3 Å². The summed E-state index contributed by atoms with van der Waals surface area (Å²) in [4.78, 5) is 0. The standard InChI is InChI=1S/C18H25NO.ClH/c19-5-6-20-17-3-1-16(2-4-17)18-10-13-7-14(11-18)9-15(8-13)12-18;/h1-4,13-15H,5-12,19H2;1H. The van der Waals surface area contributed by atoms with Crippen molar-refractivity contribution < 1.29 is 4.74 Å². The molecule has 0 amide bonds. The number of hydrogen-bond acceptors (Lipinski definition) is 2. The van der Waals surface area contributed by atoms with Gasteiger partial charge in [0, 0.05) is 6.54 Å². The highest BCUT2D eigenvalue weighted by Crippen LogP contribution is 2.60. The van der Waals surface area contributed by atoms with E-state index in [1.54, 1.807) is 5.56 Å². The van der Waals surface area contributed by atoms with Crippen molar-refractivity contribution in [3.63, 3.8) is 0 Å². The highest BCUT2D eigenvalue weighted by molar-refractivity contribution is 5.85. The topological polar surface area (TPSA) is 35.2 Å². The lowest BCUT2D eigenvalue weighted by Gasteiger charge is -2.57. The molecule has 2 nitrogen and oxygen atoms in total. The molecule has 0 spiro atoms. The Labute approximate surface area is 133 Å². The molecule has 4 bridgehead atoms. The number of halogens is 1. The van der Waals surface area contributed by atoms with Crippen molar-refractivity contribution in [1.29, 1.82) is 0 Å². The summed E-state index contributed by atoms with van der Waals surface area (Å²) >= 11 is 0. The van der Waals surface area contributed by atoms with Gasteiger partial charge in [0.25, 0.3) is 0 Å². The predicted octanol–water partition coefficient (Wildman–Crippen LogP) is 3.91. The zero-order valence-corrected chi connectivity index (χ0v) is 13.4. The molecule has 2 N–H and O–H groups in total. The summed E-state index contributed by atoms with van der Waals surface area (Å²) in [5, 5.41) is 0. The maximum atomic E-state index is 5.60. The maximum Gasteiger partial charge on any atom is 0.119 e. The van der Waals surface area contributed by atoms with Gasteiger partial charge in [0.1, 0.15) is 12.4 Å². The number of rotatable bonds is 4. The fraction of sp³-hybridized carbons (Fsp3) is 0.667. The molecule has 4 aliphatic carbocycles. The van der Waals surface area contributed by atoms with Gasteiger partial charge in [-0.3, -0.25) is 0 Å². The van der Waals surface area contributed by atoms with Crippen molar-refractivity contribution >= 4 is 12.4 Å².